The highest BCUT2D eigenvalue weighted by atomic mass is 79.9. The summed E-state index contributed by atoms with van der Waals surface area (Å²) < 4.78 is 6.27. The van der Waals surface area contributed by atoms with Crippen LogP contribution in [0.4, 0.5) is 0 Å². The van der Waals surface area contributed by atoms with E-state index in [1.165, 1.54) is 13.3 Å². The molecule has 0 aliphatic carbocycles. The van der Waals surface area contributed by atoms with E-state index < -0.39 is 11.5 Å². The SMILES string of the molecule is COC(=O)c1cnc2c(Br)c[nH]n2c1=O. The largest absolute Gasteiger partial charge is 0.465 e. The van der Waals surface area contributed by atoms with Gasteiger partial charge < -0.3 is 4.74 Å². The fourth-order valence-electron chi connectivity index (χ4n) is 1.18. The number of carbonyl (C=O) groups excluding carboxylic acids is 1. The number of nitrogens with zero attached hydrogens (tertiary/aromatic N) is 2. The summed E-state index contributed by atoms with van der Waals surface area (Å²) in [5, 5.41) is 2.66. The Labute approximate surface area is 92.0 Å². The van der Waals surface area contributed by atoms with E-state index in [0.717, 1.165) is 4.52 Å². The van der Waals surface area contributed by atoms with Crippen molar-refractivity contribution in [3.05, 3.63) is 32.8 Å². The van der Waals surface area contributed by atoms with Gasteiger partial charge in [0.25, 0.3) is 5.56 Å². The van der Waals surface area contributed by atoms with Gasteiger partial charge in [0.2, 0.25) is 0 Å². The molecule has 0 aliphatic rings. The molecule has 0 aliphatic heterocycles. The first-order valence-corrected chi connectivity index (χ1v) is 4.77. The van der Waals surface area contributed by atoms with Gasteiger partial charge in [0, 0.05) is 12.4 Å². The maximum atomic E-state index is 11.7. The lowest BCUT2D eigenvalue weighted by Gasteiger charge is -1.98. The van der Waals surface area contributed by atoms with Crippen LogP contribution in [0.3, 0.4) is 0 Å². The van der Waals surface area contributed by atoms with E-state index in [2.05, 4.69) is 30.7 Å². The molecule has 0 saturated heterocycles. The molecule has 1 N–H and O–H groups in total. The van der Waals surface area contributed by atoms with Crippen molar-refractivity contribution < 1.29 is 9.53 Å². The zero-order chi connectivity index (χ0) is 11.0. The molecule has 2 aromatic heterocycles. The number of hydrogen-bond acceptors (Lipinski definition) is 4. The van der Waals surface area contributed by atoms with Gasteiger partial charge in [0.1, 0.15) is 5.56 Å². The van der Waals surface area contributed by atoms with Gasteiger partial charge in [-0.15, -0.1) is 0 Å². The monoisotopic (exact) mass is 271 g/mol. The first kappa shape index (κ1) is 9.91. The minimum atomic E-state index is -0.701. The number of H-pyrrole nitrogens is 1. The van der Waals surface area contributed by atoms with E-state index in [9.17, 15) is 9.59 Å². The van der Waals surface area contributed by atoms with Gasteiger partial charge in [-0.25, -0.2) is 9.78 Å². The Morgan fingerprint density at radius 2 is 2.40 bits per heavy atom. The van der Waals surface area contributed by atoms with E-state index in [0.29, 0.717) is 10.1 Å². The van der Waals surface area contributed by atoms with Gasteiger partial charge in [-0.2, -0.15) is 4.52 Å². The molecular formula is C8H6BrN3O3. The topological polar surface area (TPSA) is 76.5 Å². The summed E-state index contributed by atoms with van der Waals surface area (Å²) in [7, 11) is 1.21. The fraction of sp³-hybridized carbons (Fsp3) is 0.125. The predicted octanol–water partition coefficient (Wildman–Crippen LogP) is 0.572. The van der Waals surface area contributed by atoms with Crippen molar-refractivity contribution in [1.82, 2.24) is 14.6 Å². The molecule has 0 bridgehead atoms. The third-order valence-electron chi connectivity index (χ3n) is 1.90. The first-order valence-electron chi connectivity index (χ1n) is 3.98. The van der Waals surface area contributed by atoms with Crippen molar-refractivity contribution in [3.63, 3.8) is 0 Å². The van der Waals surface area contributed by atoms with Crippen LogP contribution in [0, 0.1) is 0 Å². The number of hydrogen-bond donors (Lipinski definition) is 1. The number of aromatic nitrogens is 3. The molecule has 78 valence electrons. The highest BCUT2D eigenvalue weighted by Gasteiger charge is 2.14. The molecule has 2 heterocycles. The number of fused-ring (bicyclic) bond motifs is 1. The Hall–Kier alpha value is -1.63. The molecule has 0 amide bonds. The Balaban J connectivity index is 2.77. The number of esters is 1. The van der Waals surface area contributed by atoms with E-state index >= 15 is 0 Å². The molecular weight excluding hydrogens is 266 g/mol. The lowest BCUT2D eigenvalue weighted by molar-refractivity contribution is 0.0598. The number of nitrogens with one attached hydrogen (secondary N) is 1. The van der Waals surface area contributed by atoms with Crippen LogP contribution in [0.15, 0.2) is 21.7 Å². The highest BCUT2D eigenvalue weighted by molar-refractivity contribution is 9.10. The lowest BCUT2D eigenvalue weighted by atomic mass is 10.3. The quantitative estimate of drug-likeness (QED) is 0.770. The number of methoxy groups -OCH3 is 1. The van der Waals surface area contributed by atoms with Gasteiger partial charge in [-0.05, 0) is 15.9 Å². The van der Waals surface area contributed by atoms with Gasteiger partial charge in [0.15, 0.2) is 5.65 Å². The summed E-state index contributed by atoms with van der Waals surface area (Å²) in [6.45, 7) is 0. The van der Waals surface area contributed by atoms with Crippen LogP contribution in [-0.2, 0) is 4.74 Å². The summed E-state index contributed by atoms with van der Waals surface area (Å²) in [6, 6.07) is 0. The summed E-state index contributed by atoms with van der Waals surface area (Å²) in [6.07, 6.45) is 2.76. The number of aromatic amines is 1. The van der Waals surface area contributed by atoms with E-state index in [4.69, 9.17) is 0 Å². The third kappa shape index (κ3) is 1.44. The van der Waals surface area contributed by atoms with Crippen molar-refractivity contribution in [1.29, 1.82) is 0 Å². The van der Waals surface area contributed by atoms with Crippen LogP contribution in [0.2, 0.25) is 0 Å². The number of halogens is 1. The molecule has 0 radical (unpaired) electrons. The number of rotatable bonds is 1. The average Bonchev–Trinajstić information content (AvgIpc) is 2.61. The molecule has 0 atom stereocenters. The van der Waals surface area contributed by atoms with E-state index in [1.807, 2.05) is 0 Å². The van der Waals surface area contributed by atoms with Crippen molar-refractivity contribution in [2.75, 3.05) is 7.11 Å². The van der Waals surface area contributed by atoms with Crippen molar-refractivity contribution in [2.24, 2.45) is 0 Å². The first-order chi connectivity index (χ1) is 7.15. The standard InChI is InChI=1S/C8H6BrN3O3/c1-15-8(14)4-2-10-6-5(9)3-11-12(6)7(4)13/h2-3,11H,1H3. The second kappa shape index (κ2) is 3.50. The van der Waals surface area contributed by atoms with Crippen LogP contribution < -0.4 is 5.56 Å². The molecule has 7 heteroatoms. The predicted molar refractivity (Wildman–Crippen MR) is 54.9 cm³/mol. The van der Waals surface area contributed by atoms with Crippen LogP contribution in [-0.4, -0.2) is 27.7 Å². The molecule has 2 rings (SSSR count). The molecule has 0 spiro atoms. The van der Waals surface area contributed by atoms with Crippen LogP contribution in [0.1, 0.15) is 10.4 Å². The molecule has 0 aromatic carbocycles. The molecule has 0 saturated carbocycles. The smallest absolute Gasteiger partial charge is 0.345 e. The summed E-state index contributed by atoms with van der Waals surface area (Å²) in [5.41, 5.74) is -0.172. The fourth-order valence-corrected chi connectivity index (χ4v) is 1.56. The lowest BCUT2D eigenvalue weighted by Crippen LogP contribution is -2.23. The summed E-state index contributed by atoms with van der Waals surface area (Å²) >= 11 is 3.21. The molecule has 2 aromatic rings. The van der Waals surface area contributed by atoms with Crippen LogP contribution in [0.5, 0.6) is 0 Å². The van der Waals surface area contributed by atoms with E-state index in [-0.39, 0.29) is 5.56 Å². The second-order valence-electron chi connectivity index (χ2n) is 2.75. The third-order valence-corrected chi connectivity index (χ3v) is 2.48. The van der Waals surface area contributed by atoms with Gasteiger partial charge in [-0.1, -0.05) is 0 Å². The molecule has 15 heavy (non-hydrogen) atoms. The zero-order valence-electron chi connectivity index (χ0n) is 7.65. The van der Waals surface area contributed by atoms with Crippen LogP contribution in [0.25, 0.3) is 5.65 Å². The molecule has 0 unspecified atom stereocenters. The van der Waals surface area contributed by atoms with Crippen molar-refractivity contribution >= 4 is 27.5 Å². The maximum Gasteiger partial charge on any atom is 0.345 e. The molecule has 6 nitrogen and oxygen atoms in total. The van der Waals surface area contributed by atoms with Gasteiger partial charge >= 0.3 is 5.97 Å². The summed E-state index contributed by atoms with van der Waals surface area (Å²) in [4.78, 5) is 26.9. The van der Waals surface area contributed by atoms with Crippen molar-refractivity contribution in [2.45, 2.75) is 0 Å². The number of ether oxygens (including phenoxy) is 1. The average molecular weight is 272 g/mol. The van der Waals surface area contributed by atoms with E-state index in [1.54, 1.807) is 6.20 Å². The Kier molecular flexibility index (Phi) is 2.31. The second-order valence-corrected chi connectivity index (χ2v) is 3.60. The van der Waals surface area contributed by atoms with Crippen LogP contribution >= 0.6 is 15.9 Å². The number of carbonyl (C=O) groups is 1. The minimum absolute atomic E-state index is 0.107. The minimum Gasteiger partial charge on any atom is -0.465 e. The van der Waals surface area contributed by atoms with Gasteiger partial charge in [0.05, 0.1) is 11.6 Å². The van der Waals surface area contributed by atoms with Gasteiger partial charge in [-0.3, -0.25) is 9.89 Å². The van der Waals surface area contributed by atoms with Crippen molar-refractivity contribution in [3.8, 4) is 0 Å². The highest BCUT2D eigenvalue weighted by Crippen LogP contribution is 2.12. The Morgan fingerprint density at radius 1 is 1.67 bits per heavy atom. The zero-order valence-corrected chi connectivity index (χ0v) is 9.24. The Morgan fingerprint density at radius 3 is 3.07 bits per heavy atom. The molecule has 0 fully saturated rings. The summed E-state index contributed by atoms with van der Waals surface area (Å²) in [5.74, 6) is -0.701. The maximum absolute atomic E-state index is 11.7. The Bertz CT molecular complexity index is 586. The normalized spacial score (nSPS) is 10.5.